The molecular weight excluding hydrogens is 259 g/mol. The second-order valence-corrected chi connectivity index (χ2v) is 4.48. The highest BCUT2D eigenvalue weighted by molar-refractivity contribution is 6.36. The monoisotopic (exact) mass is 270 g/mol. The molecule has 1 heterocycles. The van der Waals surface area contributed by atoms with E-state index in [0.29, 0.717) is 16.6 Å². The van der Waals surface area contributed by atoms with Gasteiger partial charge in [0.15, 0.2) is 0 Å². The van der Waals surface area contributed by atoms with Gasteiger partial charge in [0, 0.05) is 17.1 Å². The van der Waals surface area contributed by atoms with Crippen molar-refractivity contribution in [1.29, 1.82) is 0 Å². The van der Waals surface area contributed by atoms with E-state index >= 15 is 0 Å². The van der Waals surface area contributed by atoms with E-state index in [2.05, 4.69) is 10.3 Å². The summed E-state index contributed by atoms with van der Waals surface area (Å²) in [6.07, 6.45) is 2.72. The molecule has 0 aliphatic rings. The zero-order valence-corrected chi connectivity index (χ0v) is 10.6. The summed E-state index contributed by atoms with van der Waals surface area (Å²) >= 11 is 11.9. The normalized spacial score (nSPS) is 10.8. The lowest BCUT2D eigenvalue weighted by Crippen LogP contribution is -2.06. The van der Waals surface area contributed by atoms with Gasteiger partial charge in [-0.2, -0.15) is 0 Å². The largest absolute Gasteiger partial charge is 0.330 e. The topological polar surface area (TPSA) is 56.7 Å². The van der Waals surface area contributed by atoms with Crippen LogP contribution in [-0.2, 0) is 6.54 Å². The number of nitrogens with two attached hydrogens (primary N) is 1. The Kier molecular flexibility index (Phi) is 3.99. The first-order valence-corrected chi connectivity index (χ1v) is 6.02. The van der Waals surface area contributed by atoms with Gasteiger partial charge < -0.3 is 5.73 Å². The third kappa shape index (κ3) is 2.97. The van der Waals surface area contributed by atoms with Crippen molar-refractivity contribution in [2.24, 2.45) is 5.73 Å². The first kappa shape index (κ1) is 12.4. The SMILES string of the molecule is NCCCn1cc(-c2ccc(Cl)cc2Cl)nn1. The highest BCUT2D eigenvalue weighted by Crippen LogP contribution is 2.28. The van der Waals surface area contributed by atoms with Crippen molar-refractivity contribution in [1.82, 2.24) is 15.0 Å². The average molecular weight is 271 g/mol. The van der Waals surface area contributed by atoms with Gasteiger partial charge in [0.2, 0.25) is 0 Å². The first-order valence-electron chi connectivity index (χ1n) is 5.26. The number of rotatable bonds is 4. The Morgan fingerprint density at radius 2 is 2.12 bits per heavy atom. The van der Waals surface area contributed by atoms with Gasteiger partial charge in [-0.15, -0.1) is 5.10 Å². The molecule has 4 nitrogen and oxygen atoms in total. The van der Waals surface area contributed by atoms with Crippen LogP contribution in [0.15, 0.2) is 24.4 Å². The Balaban J connectivity index is 2.24. The zero-order valence-electron chi connectivity index (χ0n) is 9.11. The van der Waals surface area contributed by atoms with E-state index in [-0.39, 0.29) is 0 Å². The van der Waals surface area contributed by atoms with E-state index in [1.165, 1.54) is 0 Å². The summed E-state index contributed by atoms with van der Waals surface area (Å²) in [5, 5.41) is 9.27. The summed E-state index contributed by atoms with van der Waals surface area (Å²) in [5.74, 6) is 0. The quantitative estimate of drug-likeness (QED) is 0.929. The third-order valence-electron chi connectivity index (χ3n) is 2.34. The highest BCUT2D eigenvalue weighted by atomic mass is 35.5. The molecule has 0 atom stereocenters. The van der Waals surface area contributed by atoms with Crippen molar-refractivity contribution in [2.75, 3.05) is 6.54 Å². The van der Waals surface area contributed by atoms with Crippen LogP contribution in [0.4, 0.5) is 0 Å². The van der Waals surface area contributed by atoms with Gasteiger partial charge in [0.25, 0.3) is 0 Å². The second-order valence-electron chi connectivity index (χ2n) is 3.63. The third-order valence-corrected chi connectivity index (χ3v) is 2.88. The molecule has 17 heavy (non-hydrogen) atoms. The van der Waals surface area contributed by atoms with Crippen molar-refractivity contribution in [3.8, 4) is 11.3 Å². The van der Waals surface area contributed by atoms with E-state index in [0.717, 1.165) is 24.2 Å². The molecule has 0 saturated heterocycles. The van der Waals surface area contributed by atoms with Crippen LogP contribution in [0.2, 0.25) is 10.0 Å². The van der Waals surface area contributed by atoms with E-state index in [9.17, 15) is 0 Å². The summed E-state index contributed by atoms with van der Waals surface area (Å²) in [6, 6.07) is 5.31. The maximum absolute atomic E-state index is 6.10. The summed E-state index contributed by atoms with van der Waals surface area (Å²) in [7, 11) is 0. The molecule has 6 heteroatoms. The predicted octanol–water partition coefficient (Wildman–Crippen LogP) is 2.60. The number of aryl methyl sites for hydroxylation is 1. The molecule has 0 bridgehead atoms. The number of halogens is 2. The molecule has 0 aliphatic carbocycles. The number of benzene rings is 1. The number of aromatic nitrogens is 3. The lowest BCUT2D eigenvalue weighted by molar-refractivity contribution is 0.564. The molecule has 0 radical (unpaired) electrons. The van der Waals surface area contributed by atoms with Crippen molar-refractivity contribution < 1.29 is 0 Å². The van der Waals surface area contributed by atoms with Crippen LogP contribution >= 0.6 is 23.2 Å². The number of nitrogens with zero attached hydrogens (tertiary/aromatic N) is 3. The van der Waals surface area contributed by atoms with Crippen LogP contribution in [-0.4, -0.2) is 21.5 Å². The fourth-order valence-electron chi connectivity index (χ4n) is 1.48. The summed E-state index contributed by atoms with van der Waals surface area (Å²) < 4.78 is 1.76. The van der Waals surface area contributed by atoms with Crippen molar-refractivity contribution in [3.63, 3.8) is 0 Å². The molecule has 90 valence electrons. The van der Waals surface area contributed by atoms with Crippen LogP contribution < -0.4 is 5.73 Å². The molecule has 0 fully saturated rings. The van der Waals surface area contributed by atoms with E-state index in [1.54, 1.807) is 16.8 Å². The van der Waals surface area contributed by atoms with Gasteiger partial charge in [-0.1, -0.05) is 28.4 Å². The van der Waals surface area contributed by atoms with E-state index < -0.39 is 0 Å². The number of hydrogen-bond donors (Lipinski definition) is 1. The highest BCUT2D eigenvalue weighted by Gasteiger charge is 2.08. The maximum atomic E-state index is 6.10. The molecule has 1 aromatic heterocycles. The molecule has 0 saturated carbocycles. The minimum Gasteiger partial charge on any atom is -0.330 e. The molecule has 2 rings (SSSR count). The van der Waals surface area contributed by atoms with E-state index in [4.69, 9.17) is 28.9 Å². The molecule has 2 aromatic rings. The van der Waals surface area contributed by atoms with Crippen molar-refractivity contribution in [2.45, 2.75) is 13.0 Å². The van der Waals surface area contributed by atoms with Gasteiger partial charge in [-0.05, 0) is 31.2 Å². The molecule has 1 aromatic carbocycles. The minimum atomic E-state index is 0.573. The summed E-state index contributed by atoms with van der Waals surface area (Å²) in [6.45, 7) is 1.39. The molecule has 0 unspecified atom stereocenters. The van der Waals surface area contributed by atoms with Crippen LogP contribution in [0, 0.1) is 0 Å². The Hall–Kier alpha value is -1.10. The molecular formula is C11H12Cl2N4. The Labute approximate surface area is 109 Å². The first-order chi connectivity index (χ1) is 8.20. The van der Waals surface area contributed by atoms with Gasteiger partial charge in [0.1, 0.15) is 5.69 Å². The predicted molar refractivity (Wildman–Crippen MR) is 69.1 cm³/mol. The van der Waals surface area contributed by atoms with E-state index in [1.807, 2.05) is 12.3 Å². The molecule has 2 N–H and O–H groups in total. The van der Waals surface area contributed by atoms with Gasteiger partial charge >= 0.3 is 0 Å². The van der Waals surface area contributed by atoms with Crippen LogP contribution in [0.1, 0.15) is 6.42 Å². The Morgan fingerprint density at radius 3 is 2.82 bits per heavy atom. The fraction of sp³-hybridized carbons (Fsp3) is 0.273. The minimum absolute atomic E-state index is 0.573. The van der Waals surface area contributed by atoms with Crippen molar-refractivity contribution in [3.05, 3.63) is 34.4 Å². The maximum Gasteiger partial charge on any atom is 0.114 e. The molecule has 0 spiro atoms. The summed E-state index contributed by atoms with van der Waals surface area (Å²) in [5.41, 5.74) is 7.01. The van der Waals surface area contributed by atoms with Crippen molar-refractivity contribution >= 4 is 23.2 Å². The molecule has 0 aliphatic heterocycles. The second kappa shape index (κ2) is 5.49. The van der Waals surface area contributed by atoms with Crippen LogP contribution in [0.25, 0.3) is 11.3 Å². The zero-order chi connectivity index (χ0) is 12.3. The lowest BCUT2D eigenvalue weighted by Gasteiger charge is -2.00. The Bertz CT molecular complexity index is 510. The standard InChI is InChI=1S/C11H12Cl2N4/c12-8-2-3-9(10(13)6-8)11-7-17(16-15-11)5-1-4-14/h2-3,6-7H,1,4-5,14H2. The van der Waals surface area contributed by atoms with Gasteiger partial charge in [0.05, 0.1) is 11.2 Å². The van der Waals surface area contributed by atoms with Crippen LogP contribution in [0.5, 0.6) is 0 Å². The van der Waals surface area contributed by atoms with Crippen LogP contribution in [0.3, 0.4) is 0 Å². The van der Waals surface area contributed by atoms with Gasteiger partial charge in [-0.3, -0.25) is 4.68 Å². The average Bonchev–Trinajstić information content (AvgIpc) is 2.75. The smallest absolute Gasteiger partial charge is 0.114 e. The molecule has 0 amide bonds. The Morgan fingerprint density at radius 1 is 1.29 bits per heavy atom. The number of hydrogen-bond acceptors (Lipinski definition) is 3. The van der Waals surface area contributed by atoms with Gasteiger partial charge in [-0.25, -0.2) is 0 Å². The summed E-state index contributed by atoms with van der Waals surface area (Å²) in [4.78, 5) is 0. The lowest BCUT2D eigenvalue weighted by atomic mass is 10.2. The fourth-order valence-corrected chi connectivity index (χ4v) is 1.99.